The van der Waals surface area contributed by atoms with Crippen LogP contribution in [0.4, 0.5) is 5.69 Å². The lowest BCUT2D eigenvalue weighted by Gasteiger charge is -2.03. The molecular weight excluding hydrogens is 252 g/mol. The maximum Gasteiger partial charge on any atom is 0.304 e. The number of nitrogens with one attached hydrogen (secondary N) is 1. The first-order chi connectivity index (χ1) is 8.59. The normalized spacial score (nSPS) is 11.1. The van der Waals surface area contributed by atoms with E-state index in [0.717, 1.165) is 17.4 Å². The van der Waals surface area contributed by atoms with Gasteiger partial charge in [-0.15, -0.1) is 11.8 Å². The van der Waals surface area contributed by atoms with Crippen molar-refractivity contribution in [2.24, 2.45) is 5.10 Å². The third-order valence-corrected chi connectivity index (χ3v) is 2.98. The number of thioether (sulfide) groups is 1. The summed E-state index contributed by atoms with van der Waals surface area (Å²) in [6.07, 6.45) is 0.00229. The van der Waals surface area contributed by atoms with Crippen LogP contribution < -0.4 is 5.43 Å². The van der Waals surface area contributed by atoms with Gasteiger partial charge in [-0.1, -0.05) is 18.2 Å². The Balaban J connectivity index is 2.56. The molecule has 0 radical (unpaired) electrons. The molecule has 0 aliphatic rings. The molecule has 18 heavy (non-hydrogen) atoms. The van der Waals surface area contributed by atoms with Crippen molar-refractivity contribution in [2.75, 3.05) is 11.2 Å². The molecule has 0 aromatic heterocycles. The fraction of sp³-hybridized carbons (Fsp3) is 0.250. The summed E-state index contributed by atoms with van der Waals surface area (Å²) in [6, 6.07) is 9.22. The average molecular weight is 266 g/mol. The van der Waals surface area contributed by atoms with Gasteiger partial charge in [0.2, 0.25) is 0 Å². The van der Waals surface area contributed by atoms with E-state index in [1.165, 1.54) is 6.92 Å². The molecule has 0 amide bonds. The number of hydrogen-bond donors (Lipinski definition) is 2. The van der Waals surface area contributed by atoms with Crippen molar-refractivity contribution in [3.05, 3.63) is 30.3 Å². The fourth-order valence-electron chi connectivity index (χ4n) is 1.08. The number of carbonyl (C=O) groups is 2. The van der Waals surface area contributed by atoms with Crippen molar-refractivity contribution in [3.63, 3.8) is 0 Å². The Morgan fingerprint density at radius 1 is 1.33 bits per heavy atom. The third kappa shape index (κ3) is 5.49. The van der Waals surface area contributed by atoms with Gasteiger partial charge in [-0.3, -0.25) is 15.0 Å². The Labute approximate surface area is 109 Å². The minimum absolute atomic E-state index is 0.00229. The second-order valence-electron chi connectivity index (χ2n) is 3.44. The second-order valence-corrected chi connectivity index (χ2v) is 4.53. The number of ketones is 1. The first-order valence-electron chi connectivity index (χ1n) is 5.34. The van der Waals surface area contributed by atoms with Gasteiger partial charge in [0.15, 0.2) is 10.8 Å². The van der Waals surface area contributed by atoms with Crippen molar-refractivity contribution in [1.82, 2.24) is 0 Å². The van der Waals surface area contributed by atoms with Crippen LogP contribution in [0.15, 0.2) is 35.4 Å². The minimum atomic E-state index is -0.888. The second kappa shape index (κ2) is 7.50. The van der Waals surface area contributed by atoms with Crippen LogP contribution >= 0.6 is 11.8 Å². The summed E-state index contributed by atoms with van der Waals surface area (Å²) in [6.45, 7) is 1.40. The van der Waals surface area contributed by atoms with Crippen LogP contribution in [0.2, 0.25) is 0 Å². The van der Waals surface area contributed by atoms with Crippen LogP contribution in [0.25, 0.3) is 0 Å². The molecule has 0 heterocycles. The summed E-state index contributed by atoms with van der Waals surface area (Å²) in [5.41, 5.74) is 3.54. The highest BCUT2D eigenvalue weighted by molar-refractivity contribution is 8.15. The van der Waals surface area contributed by atoms with Crippen molar-refractivity contribution in [1.29, 1.82) is 0 Å². The number of carboxylic acid groups (broad SMARTS) is 1. The van der Waals surface area contributed by atoms with Gasteiger partial charge in [0.1, 0.15) is 0 Å². The highest BCUT2D eigenvalue weighted by Crippen LogP contribution is 2.10. The van der Waals surface area contributed by atoms with Gasteiger partial charge in [-0.05, 0) is 12.1 Å². The number of carbonyl (C=O) groups excluding carboxylic acids is 1. The number of rotatable bonds is 6. The van der Waals surface area contributed by atoms with Crippen LogP contribution in [0.5, 0.6) is 0 Å². The average Bonchev–Trinajstić information content (AvgIpc) is 2.34. The van der Waals surface area contributed by atoms with Crippen molar-refractivity contribution >= 4 is 34.2 Å². The molecular formula is C12H14N2O3S. The maximum absolute atomic E-state index is 11.3. The van der Waals surface area contributed by atoms with Gasteiger partial charge >= 0.3 is 5.97 Å². The van der Waals surface area contributed by atoms with E-state index in [0.29, 0.717) is 5.75 Å². The number of carboxylic acids is 1. The zero-order valence-electron chi connectivity index (χ0n) is 9.92. The van der Waals surface area contributed by atoms with Gasteiger partial charge < -0.3 is 5.11 Å². The van der Waals surface area contributed by atoms with Crippen LogP contribution in [0.1, 0.15) is 13.3 Å². The number of para-hydroxylation sites is 1. The molecule has 0 saturated carbocycles. The Morgan fingerprint density at radius 3 is 2.56 bits per heavy atom. The van der Waals surface area contributed by atoms with E-state index in [1.807, 2.05) is 30.3 Å². The number of hydrazone groups is 1. The van der Waals surface area contributed by atoms with Crippen LogP contribution in [0.3, 0.4) is 0 Å². The van der Waals surface area contributed by atoms with E-state index in [4.69, 9.17) is 5.11 Å². The first kappa shape index (κ1) is 14.2. The van der Waals surface area contributed by atoms with Crippen LogP contribution in [-0.2, 0) is 9.59 Å². The SMILES string of the molecule is CC(=O)/C(=N\Nc1ccccc1)SCCC(=O)O. The molecule has 0 fully saturated rings. The monoisotopic (exact) mass is 266 g/mol. The smallest absolute Gasteiger partial charge is 0.304 e. The Morgan fingerprint density at radius 2 is 2.00 bits per heavy atom. The van der Waals surface area contributed by atoms with Crippen LogP contribution in [-0.4, -0.2) is 27.7 Å². The van der Waals surface area contributed by atoms with Gasteiger partial charge in [0.05, 0.1) is 12.1 Å². The fourth-order valence-corrected chi connectivity index (χ4v) is 1.86. The molecule has 96 valence electrons. The molecule has 1 rings (SSSR count). The van der Waals surface area contributed by atoms with Gasteiger partial charge in [0.25, 0.3) is 0 Å². The summed E-state index contributed by atoms with van der Waals surface area (Å²) >= 11 is 1.13. The van der Waals surface area contributed by atoms with E-state index in [-0.39, 0.29) is 17.2 Å². The molecule has 0 bridgehead atoms. The van der Waals surface area contributed by atoms with E-state index >= 15 is 0 Å². The molecule has 0 saturated heterocycles. The highest BCUT2D eigenvalue weighted by Gasteiger charge is 2.08. The summed E-state index contributed by atoms with van der Waals surface area (Å²) in [5.74, 6) is -0.750. The van der Waals surface area contributed by atoms with Crippen LogP contribution in [0, 0.1) is 0 Å². The van der Waals surface area contributed by atoms with E-state index < -0.39 is 5.97 Å². The lowest BCUT2D eigenvalue weighted by molar-refractivity contribution is -0.136. The molecule has 0 aliphatic carbocycles. The van der Waals surface area contributed by atoms with E-state index in [1.54, 1.807) is 0 Å². The number of nitrogens with zero attached hydrogens (tertiary/aromatic N) is 1. The standard InChI is InChI=1S/C12H14N2O3S/c1-9(15)12(18-8-7-11(16)17)14-13-10-5-3-2-4-6-10/h2-6,13H,7-8H2,1H3,(H,16,17)/b14-12+. The topological polar surface area (TPSA) is 78.8 Å². The summed E-state index contributed by atoms with van der Waals surface area (Å²) in [7, 11) is 0. The Bertz CT molecular complexity index is 446. The third-order valence-electron chi connectivity index (χ3n) is 1.92. The molecule has 0 spiro atoms. The Hall–Kier alpha value is -1.82. The van der Waals surface area contributed by atoms with Gasteiger partial charge in [-0.25, -0.2) is 0 Å². The quantitative estimate of drug-likeness (QED) is 0.469. The molecule has 0 atom stereocenters. The number of anilines is 1. The van der Waals surface area contributed by atoms with Crippen molar-refractivity contribution < 1.29 is 14.7 Å². The molecule has 0 unspecified atom stereocenters. The van der Waals surface area contributed by atoms with Gasteiger partial charge in [-0.2, -0.15) is 5.10 Å². The predicted molar refractivity (Wildman–Crippen MR) is 72.9 cm³/mol. The van der Waals surface area contributed by atoms with E-state index in [9.17, 15) is 9.59 Å². The molecule has 1 aromatic rings. The number of aliphatic carboxylic acids is 1. The highest BCUT2D eigenvalue weighted by atomic mass is 32.2. The van der Waals surface area contributed by atoms with Crippen molar-refractivity contribution in [2.45, 2.75) is 13.3 Å². The lowest BCUT2D eigenvalue weighted by atomic mass is 10.3. The number of benzene rings is 1. The summed E-state index contributed by atoms with van der Waals surface area (Å²) in [4.78, 5) is 21.7. The molecule has 0 aliphatic heterocycles. The zero-order valence-corrected chi connectivity index (χ0v) is 10.7. The largest absolute Gasteiger partial charge is 0.481 e. The first-order valence-corrected chi connectivity index (χ1v) is 6.32. The Kier molecular flexibility index (Phi) is 5.93. The zero-order chi connectivity index (χ0) is 13.4. The molecule has 2 N–H and O–H groups in total. The summed E-state index contributed by atoms with van der Waals surface area (Å²) in [5, 5.41) is 12.8. The van der Waals surface area contributed by atoms with Gasteiger partial charge in [0, 0.05) is 12.7 Å². The summed E-state index contributed by atoms with van der Waals surface area (Å²) < 4.78 is 0. The molecule has 6 heteroatoms. The molecule has 1 aromatic carbocycles. The van der Waals surface area contributed by atoms with Crippen molar-refractivity contribution in [3.8, 4) is 0 Å². The predicted octanol–water partition coefficient (Wildman–Crippen LogP) is 2.21. The maximum atomic E-state index is 11.3. The minimum Gasteiger partial charge on any atom is -0.481 e. The number of Topliss-reactive ketones (excluding diaryl/α,β-unsaturated/α-hetero) is 1. The van der Waals surface area contributed by atoms with E-state index in [2.05, 4.69) is 10.5 Å². The lowest BCUT2D eigenvalue weighted by Crippen LogP contribution is -2.10. The molecule has 5 nitrogen and oxygen atoms in total. The number of hydrogen-bond acceptors (Lipinski definition) is 5.